The lowest BCUT2D eigenvalue weighted by molar-refractivity contribution is 0.490. The van der Waals surface area contributed by atoms with Crippen LogP contribution in [0.25, 0.3) is 0 Å². The van der Waals surface area contributed by atoms with Crippen LogP contribution in [0.1, 0.15) is 12.8 Å². The van der Waals surface area contributed by atoms with Crippen molar-refractivity contribution in [3.63, 3.8) is 0 Å². The number of rotatable bonds is 1. The second-order valence-electron chi connectivity index (χ2n) is 2.06. The van der Waals surface area contributed by atoms with Crippen LogP contribution >= 0.6 is 0 Å². The van der Waals surface area contributed by atoms with Gasteiger partial charge in [0.05, 0.1) is 4.91 Å². The van der Waals surface area contributed by atoms with E-state index in [-0.39, 0.29) is 4.91 Å². The van der Waals surface area contributed by atoms with Gasteiger partial charge in [-0.1, -0.05) is 18.2 Å². The maximum Gasteiger partial charge on any atom is 0.290 e. The van der Waals surface area contributed by atoms with Crippen molar-refractivity contribution >= 4 is 10.1 Å². The smallest absolute Gasteiger partial charge is 0.282 e. The van der Waals surface area contributed by atoms with Crippen molar-refractivity contribution in [3.8, 4) is 0 Å². The first-order chi connectivity index (χ1) is 4.61. The molecule has 0 aliphatic heterocycles. The molecule has 0 aromatic heterocycles. The quantitative estimate of drug-likeness (QED) is 0.461. The van der Waals surface area contributed by atoms with Crippen molar-refractivity contribution in [2.45, 2.75) is 12.8 Å². The first-order valence-corrected chi connectivity index (χ1v) is 4.36. The van der Waals surface area contributed by atoms with Gasteiger partial charge in [0, 0.05) is 6.42 Å². The molecule has 0 atom stereocenters. The lowest BCUT2D eigenvalue weighted by atomic mass is 10.2. The van der Waals surface area contributed by atoms with Crippen LogP contribution in [0, 0.1) is 0 Å². The molecule has 0 spiro atoms. The van der Waals surface area contributed by atoms with Gasteiger partial charge in [0.2, 0.25) is 0 Å². The minimum Gasteiger partial charge on any atom is -0.282 e. The number of allylic oxidation sites excluding steroid dienone is 4. The molecule has 1 aliphatic carbocycles. The zero-order valence-corrected chi connectivity index (χ0v) is 6.13. The van der Waals surface area contributed by atoms with Crippen molar-refractivity contribution in [3.05, 3.63) is 23.1 Å². The van der Waals surface area contributed by atoms with E-state index >= 15 is 0 Å². The molecule has 0 heterocycles. The minimum atomic E-state index is -3.92. The predicted molar refractivity (Wildman–Crippen MR) is 38.0 cm³/mol. The fraction of sp³-hybridized carbons (Fsp3) is 0.333. The molecule has 1 N–H and O–H groups in total. The topological polar surface area (TPSA) is 54.4 Å². The van der Waals surface area contributed by atoms with E-state index in [1.54, 1.807) is 6.08 Å². The Kier molecular flexibility index (Phi) is 1.92. The van der Waals surface area contributed by atoms with Gasteiger partial charge in [0.15, 0.2) is 0 Å². The van der Waals surface area contributed by atoms with E-state index in [1.807, 2.05) is 6.08 Å². The van der Waals surface area contributed by atoms with Gasteiger partial charge in [-0.2, -0.15) is 8.42 Å². The summed E-state index contributed by atoms with van der Waals surface area (Å²) < 4.78 is 29.4. The Morgan fingerprint density at radius 2 is 2.10 bits per heavy atom. The number of hydrogen-bond acceptors (Lipinski definition) is 2. The molecular formula is C6H8O3S. The molecule has 0 aromatic carbocycles. The van der Waals surface area contributed by atoms with Crippen molar-refractivity contribution in [2.75, 3.05) is 0 Å². The maximum absolute atomic E-state index is 10.4. The average molecular weight is 160 g/mol. The summed E-state index contributed by atoms with van der Waals surface area (Å²) in [4.78, 5) is 0.106. The van der Waals surface area contributed by atoms with E-state index in [1.165, 1.54) is 6.08 Å². The standard InChI is InChI=1S/C6H8O3S/c7-10(8,9)6-4-2-1-3-5-6/h1-2,5H,3-4H2,(H,7,8,9). The summed E-state index contributed by atoms with van der Waals surface area (Å²) in [6.45, 7) is 0. The molecule has 0 fully saturated rings. The molecule has 56 valence electrons. The Morgan fingerprint density at radius 1 is 1.40 bits per heavy atom. The van der Waals surface area contributed by atoms with Crippen LogP contribution in [0.15, 0.2) is 23.1 Å². The van der Waals surface area contributed by atoms with Crippen molar-refractivity contribution in [1.82, 2.24) is 0 Å². The normalized spacial score (nSPS) is 18.7. The molecule has 0 radical (unpaired) electrons. The van der Waals surface area contributed by atoms with Crippen LogP contribution in [0.2, 0.25) is 0 Å². The molecule has 4 heteroatoms. The summed E-state index contributed by atoms with van der Waals surface area (Å²) >= 11 is 0. The summed E-state index contributed by atoms with van der Waals surface area (Å²) in [5.41, 5.74) is 0. The van der Waals surface area contributed by atoms with Gasteiger partial charge in [-0.25, -0.2) is 0 Å². The Morgan fingerprint density at radius 3 is 2.40 bits per heavy atom. The summed E-state index contributed by atoms with van der Waals surface area (Å²) in [6, 6.07) is 0. The second-order valence-corrected chi connectivity index (χ2v) is 3.53. The second kappa shape index (κ2) is 2.56. The highest BCUT2D eigenvalue weighted by Crippen LogP contribution is 2.15. The predicted octanol–water partition coefficient (Wildman–Crippen LogP) is 1.11. The van der Waals surface area contributed by atoms with E-state index in [0.717, 1.165) is 0 Å². The third kappa shape index (κ3) is 1.68. The molecule has 0 saturated heterocycles. The fourth-order valence-corrected chi connectivity index (χ4v) is 1.40. The van der Waals surface area contributed by atoms with Crippen LogP contribution < -0.4 is 0 Å². The van der Waals surface area contributed by atoms with E-state index in [4.69, 9.17) is 4.55 Å². The Hall–Kier alpha value is -0.610. The molecule has 10 heavy (non-hydrogen) atoms. The Labute approximate surface area is 59.8 Å². The first-order valence-electron chi connectivity index (χ1n) is 2.92. The lowest BCUT2D eigenvalue weighted by Crippen LogP contribution is -2.02. The van der Waals surface area contributed by atoms with E-state index in [9.17, 15) is 8.42 Å². The minimum absolute atomic E-state index is 0.106. The highest BCUT2D eigenvalue weighted by atomic mass is 32.2. The van der Waals surface area contributed by atoms with Gasteiger partial charge < -0.3 is 0 Å². The zero-order valence-electron chi connectivity index (χ0n) is 5.32. The summed E-state index contributed by atoms with van der Waals surface area (Å²) in [5, 5.41) is 0. The lowest BCUT2D eigenvalue weighted by Gasteiger charge is -2.02. The van der Waals surface area contributed by atoms with E-state index in [2.05, 4.69) is 0 Å². The SMILES string of the molecule is O=S(=O)(O)C1=CCC=CC1. The van der Waals surface area contributed by atoms with Crippen LogP contribution in [-0.4, -0.2) is 13.0 Å². The summed E-state index contributed by atoms with van der Waals surface area (Å²) in [6.07, 6.45) is 6.00. The van der Waals surface area contributed by atoms with Crippen LogP contribution in [-0.2, 0) is 10.1 Å². The monoisotopic (exact) mass is 160 g/mol. The fourth-order valence-electron chi connectivity index (χ4n) is 0.789. The average Bonchev–Trinajstić information content (AvgIpc) is 1.88. The molecule has 3 nitrogen and oxygen atoms in total. The summed E-state index contributed by atoms with van der Waals surface area (Å²) in [7, 11) is -3.92. The van der Waals surface area contributed by atoms with Gasteiger partial charge in [-0.15, -0.1) is 0 Å². The van der Waals surface area contributed by atoms with Crippen LogP contribution in [0.3, 0.4) is 0 Å². The van der Waals surface area contributed by atoms with Crippen molar-refractivity contribution < 1.29 is 13.0 Å². The maximum atomic E-state index is 10.4. The van der Waals surface area contributed by atoms with Crippen LogP contribution in [0.5, 0.6) is 0 Å². The Balaban J connectivity index is 2.86. The highest BCUT2D eigenvalue weighted by Gasteiger charge is 2.12. The molecule has 1 rings (SSSR count). The van der Waals surface area contributed by atoms with E-state index < -0.39 is 10.1 Å². The van der Waals surface area contributed by atoms with Gasteiger partial charge in [-0.05, 0) is 6.42 Å². The van der Waals surface area contributed by atoms with Gasteiger partial charge in [0.1, 0.15) is 0 Å². The molecule has 0 bridgehead atoms. The molecule has 0 unspecified atom stereocenters. The van der Waals surface area contributed by atoms with Gasteiger partial charge in [-0.3, -0.25) is 4.55 Å². The largest absolute Gasteiger partial charge is 0.290 e. The van der Waals surface area contributed by atoms with Crippen LogP contribution in [0.4, 0.5) is 0 Å². The first kappa shape index (κ1) is 7.50. The van der Waals surface area contributed by atoms with Gasteiger partial charge in [0.25, 0.3) is 10.1 Å². The molecule has 0 saturated carbocycles. The summed E-state index contributed by atoms with van der Waals surface area (Å²) in [5.74, 6) is 0. The van der Waals surface area contributed by atoms with Gasteiger partial charge >= 0.3 is 0 Å². The highest BCUT2D eigenvalue weighted by molar-refractivity contribution is 7.89. The third-order valence-electron chi connectivity index (χ3n) is 1.30. The molecule has 0 aromatic rings. The van der Waals surface area contributed by atoms with Crippen molar-refractivity contribution in [2.24, 2.45) is 0 Å². The number of hydrogen-bond donors (Lipinski definition) is 1. The van der Waals surface area contributed by atoms with E-state index in [0.29, 0.717) is 12.8 Å². The zero-order chi connectivity index (χ0) is 7.61. The molecule has 0 amide bonds. The Bertz CT molecular complexity index is 271. The molecular weight excluding hydrogens is 152 g/mol. The van der Waals surface area contributed by atoms with Crippen molar-refractivity contribution in [1.29, 1.82) is 0 Å². The molecule has 1 aliphatic rings. The third-order valence-corrected chi connectivity index (χ3v) is 2.29.